The van der Waals surface area contributed by atoms with Crippen LogP contribution in [0.1, 0.15) is 37.6 Å². The Morgan fingerprint density at radius 2 is 1.97 bits per heavy atom. The molecule has 31 heavy (non-hydrogen) atoms. The molecule has 1 heterocycles. The second-order valence-corrected chi connectivity index (χ2v) is 7.53. The topological polar surface area (TPSA) is 73.6 Å². The molecule has 0 bridgehead atoms. The number of aryl methyl sites for hydroxylation is 1. The van der Waals surface area contributed by atoms with Crippen molar-refractivity contribution in [2.24, 2.45) is 0 Å². The van der Waals surface area contributed by atoms with Crippen molar-refractivity contribution in [3.8, 4) is 22.8 Å². The summed E-state index contributed by atoms with van der Waals surface area (Å²) in [5.41, 5.74) is 1.83. The van der Waals surface area contributed by atoms with Crippen molar-refractivity contribution in [3.05, 3.63) is 65.1 Å². The van der Waals surface area contributed by atoms with Gasteiger partial charge in [0.25, 0.3) is 0 Å². The molecule has 0 radical (unpaired) electrons. The Hall–Kier alpha value is -2.99. The van der Waals surface area contributed by atoms with Crippen molar-refractivity contribution in [2.75, 3.05) is 13.7 Å². The molecule has 1 aromatic heterocycles. The van der Waals surface area contributed by atoms with Crippen molar-refractivity contribution < 1.29 is 18.7 Å². The predicted molar refractivity (Wildman–Crippen MR) is 121 cm³/mol. The number of aromatic nitrogens is 1. The van der Waals surface area contributed by atoms with Crippen molar-refractivity contribution in [1.82, 2.24) is 10.3 Å². The quantitative estimate of drug-likeness (QED) is 0.401. The lowest BCUT2D eigenvalue weighted by Crippen LogP contribution is -2.23. The van der Waals surface area contributed by atoms with Gasteiger partial charge >= 0.3 is 0 Å². The maximum absolute atomic E-state index is 12.2. The second-order valence-electron chi connectivity index (χ2n) is 7.09. The van der Waals surface area contributed by atoms with Gasteiger partial charge in [-0.1, -0.05) is 31.0 Å². The molecule has 0 atom stereocenters. The van der Waals surface area contributed by atoms with Crippen LogP contribution in [0.25, 0.3) is 11.3 Å². The van der Waals surface area contributed by atoms with E-state index < -0.39 is 0 Å². The molecule has 0 spiro atoms. The molecule has 0 aliphatic carbocycles. The lowest BCUT2D eigenvalue weighted by molar-refractivity contribution is -0.121. The van der Waals surface area contributed by atoms with Crippen LogP contribution in [0.4, 0.5) is 0 Å². The highest BCUT2D eigenvalue weighted by Crippen LogP contribution is 2.28. The average molecular weight is 443 g/mol. The van der Waals surface area contributed by atoms with Gasteiger partial charge in [-0.3, -0.25) is 4.79 Å². The summed E-state index contributed by atoms with van der Waals surface area (Å²) in [4.78, 5) is 16.5. The number of halogens is 1. The van der Waals surface area contributed by atoms with Crippen molar-refractivity contribution >= 4 is 17.5 Å². The van der Waals surface area contributed by atoms with E-state index in [9.17, 15) is 4.79 Å². The second kappa shape index (κ2) is 11.4. The van der Waals surface area contributed by atoms with E-state index in [-0.39, 0.29) is 12.3 Å². The number of amides is 1. The van der Waals surface area contributed by atoms with E-state index in [4.69, 9.17) is 25.5 Å². The van der Waals surface area contributed by atoms with Crippen LogP contribution in [0.3, 0.4) is 0 Å². The highest BCUT2D eigenvalue weighted by molar-refractivity contribution is 6.30. The summed E-state index contributed by atoms with van der Waals surface area (Å²) in [6.07, 6.45) is 4.44. The van der Waals surface area contributed by atoms with Gasteiger partial charge < -0.3 is 19.2 Å². The number of unbranched alkanes of at least 4 members (excludes halogenated alkanes) is 1. The van der Waals surface area contributed by atoms with Gasteiger partial charge in [-0.25, -0.2) is 4.98 Å². The number of ether oxygens (including phenoxy) is 2. The Bertz CT molecular complexity index is 985. The number of rotatable bonds is 11. The first-order valence-electron chi connectivity index (χ1n) is 10.4. The van der Waals surface area contributed by atoms with Crippen LogP contribution >= 0.6 is 11.6 Å². The number of benzene rings is 2. The molecule has 3 rings (SSSR count). The molecule has 0 saturated heterocycles. The number of oxazole rings is 1. The summed E-state index contributed by atoms with van der Waals surface area (Å²) in [5, 5.41) is 3.58. The van der Waals surface area contributed by atoms with Crippen LogP contribution in [0.2, 0.25) is 5.02 Å². The molecule has 0 fully saturated rings. The number of nitrogens with zero attached hydrogens (tertiary/aromatic N) is 1. The number of methoxy groups -OCH3 is 1. The summed E-state index contributed by atoms with van der Waals surface area (Å²) >= 11 is 5.91. The van der Waals surface area contributed by atoms with E-state index in [1.54, 1.807) is 25.4 Å². The average Bonchev–Trinajstić information content (AvgIpc) is 3.26. The first kappa shape index (κ1) is 22.7. The van der Waals surface area contributed by atoms with Gasteiger partial charge in [-0.15, -0.1) is 0 Å². The summed E-state index contributed by atoms with van der Waals surface area (Å²) in [6.45, 7) is 3.18. The Balaban J connectivity index is 1.47. The van der Waals surface area contributed by atoms with Gasteiger partial charge in [0.15, 0.2) is 23.1 Å². The zero-order valence-electron chi connectivity index (χ0n) is 17.8. The maximum atomic E-state index is 12.2. The zero-order valence-corrected chi connectivity index (χ0v) is 18.6. The van der Waals surface area contributed by atoms with Crippen LogP contribution in [0.5, 0.6) is 11.5 Å². The van der Waals surface area contributed by atoms with E-state index in [2.05, 4.69) is 17.2 Å². The van der Waals surface area contributed by atoms with Gasteiger partial charge in [-0.2, -0.15) is 0 Å². The molecule has 1 amide bonds. The zero-order chi connectivity index (χ0) is 22.1. The van der Waals surface area contributed by atoms with E-state index >= 15 is 0 Å². The molecular formula is C24H27ClN2O4. The van der Waals surface area contributed by atoms with Crippen LogP contribution in [0.15, 0.2) is 53.1 Å². The van der Waals surface area contributed by atoms with Crippen LogP contribution < -0.4 is 14.8 Å². The minimum atomic E-state index is -0.0755. The van der Waals surface area contributed by atoms with Gasteiger partial charge in [0.05, 0.1) is 19.9 Å². The fourth-order valence-electron chi connectivity index (χ4n) is 2.95. The molecule has 7 heteroatoms. The third-order valence-electron chi connectivity index (χ3n) is 4.72. The molecule has 6 nitrogen and oxygen atoms in total. The first-order valence-corrected chi connectivity index (χ1v) is 10.7. The summed E-state index contributed by atoms with van der Waals surface area (Å²) in [7, 11) is 1.61. The van der Waals surface area contributed by atoms with Gasteiger partial charge in [-0.05, 0) is 48.4 Å². The third-order valence-corrected chi connectivity index (χ3v) is 4.97. The molecule has 1 N–H and O–H groups in total. The summed E-state index contributed by atoms with van der Waals surface area (Å²) in [5.74, 6) is 2.48. The number of nitrogens with one attached hydrogen (secondary N) is 1. The Kier molecular flexibility index (Phi) is 8.35. The van der Waals surface area contributed by atoms with Crippen molar-refractivity contribution in [1.29, 1.82) is 0 Å². The highest BCUT2D eigenvalue weighted by Gasteiger charge is 2.10. The molecular weight excluding hydrogens is 416 g/mol. The molecule has 0 aliphatic rings. The minimum absolute atomic E-state index is 0.0755. The maximum Gasteiger partial charge on any atom is 0.220 e. The lowest BCUT2D eigenvalue weighted by Gasteiger charge is -2.12. The predicted octanol–water partition coefficient (Wildman–Crippen LogP) is 5.43. The standard InChI is InChI=1S/C24H27ClN2O4/c1-3-4-13-30-20-10-5-17(14-21(20)29-2)15-26-23(28)11-12-24-27-16-22(31-24)18-6-8-19(25)9-7-18/h5-10,14,16H,3-4,11-13,15H2,1-2H3,(H,26,28). The van der Waals surface area contributed by atoms with Crippen LogP contribution in [0, 0.1) is 0 Å². The molecule has 164 valence electrons. The smallest absolute Gasteiger partial charge is 0.220 e. The van der Waals surface area contributed by atoms with E-state index in [1.165, 1.54) is 0 Å². The van der Waals surface area contributed by atoms with Crippen molar-refractivity contribution in [3.63, 3.8) is 0 Å². The Morgan fingerprint density at radius 3 is 2.71 bits per heavy atom. The first-order chi connectivity index (χ1) is 15.1. The fraction of sp³-hybridized carbons (Fsp3) is 0.333. The van der Waals surface area contributed by atoms with E-state index in [0.717, 1.165) is 24.0 Å². The lowest BCUT2D eigenvalue weighted by atomic mass is 10.2. The molecule has 0 unspecified atom stereocenters. The minimum Gasteiger partial charge on any atom is -0.493 e. The molecule has 3 aromatic rings. The number of carbonyl (C=O) groups is 1. The number of hydrogen-bond donors (Lipinski definition) is 1. The SMILES string of the molecule is CCCCOc1ccc(CNC(=O)CCc2ncc(-c3ccc(Cl)cc3)o2)cc1OC. The van der Waals surface area contributed by atoms with Gasteiger partial charge in [0.1, 0.15) is 0 Å². The highest BCUT2D eigenvalue weighted by atomic mass is 35.5. The van der Waals surface area contributed by atoms with Crippen LogP contribution in [-0.4, -0.2) is 24.6 Å². The third kappa shape index (κ3) is 6.76. The Labute approximate surface area is 187 Å². The summed E-state index contributed by atoms with van der Waals surface area (Å²) < 4.78 is 16.9. The summed E-state index contributed by atoms with van der Waals surface area (Å²) in [6, 6.07) is 13.0. The number of hydrogen-bond acceptors (Lipinski definition) is 5. The molecule has 0 aliphatic heterocycles. The van der Waals surface area contributed by atoms with Crippen LogP contribution in [-0.2, 0) is 17.8 Å². The normalized spacial score (nSPS) is 10.7. The van der Waals surface area contributed by atoms with E-state index in [0.29, 0.717) is 47.7 Å². The van der Waals surface area contributed by atoms with Gasteiger partial charge in [0.2, 0.25) is 5.91 Å². The largest absolute Gasteiger partial charge is 0.493 e. The molecule has 0 saturated carbocycles. The monoisotopic (exact) mass is 442 g/mol. The number of carbonyl (C=O) groups excluding carboxylic acids is 1. The fourth-order valence-corrected chi connectivity index (χ4v) is 3.08. The van der Waals surface area contributed by atoms with Crippen molar-refractivity contribution in [2.45, 2.75) is 39.2 Å². The van der Waals surface area contributed by atoms with Gasteiger partial charge in [0, 0.05) is 30.0 Å². The Morgan fingerprint density at radius 1 is 1.16 bits per heavy atom. The molecule has 2 aromatic carbocycles. The van der Waals surface area contributed by atoms with E-state index in [1.807, 2.05) is 30.3 Å².